The summed E-state index contributed by atoms with van der Waals surface area (Å²) in [5.41, 5.74) is 0.982. The van der Waals surface area contributed by atoms with Crippen molar-refractivity contribution in [3.8, 4) is 0 Å². The van der Waals surface area contributed by atoms with Crippen molar-refractivity contribution in [3.05, 3.63) is 11.4 Å². The topological polar surface area (TPSA) is 73.7 Å². The van der Waals surface area contributed by atoms with E-state index in [4.69, 9.17) is 9.47 Å². The van der Waals surface area contributed by atoms with Crippen LogP contribution in [-0.4, -0.2) is 62.0 Å². The fourth-order valence-corrected chi connectivity index (χ4v) is 6.16. The van der Waals surface area contributed by atoms with Crippen LogP contribution in [0.2, 0.25) is 0 Å². The minimum Gasteiger partial charge on any atom is -0.384 e. The summed E-state index contributed by atoms with van der Waals surface area (Å²) in [6.45, 7) is 5.75. The van der Waals surface area contributed by atoms with E-state index in [1.54, 1.807) is 37.0 Å². The van der Waals surface area contributed by atoms with Crippen molar-refractivity contribution in [1.82, 2.24) is 14.1 Å². The van der Waals surface area contributed by atoms with Gasteiger partial charge in [-0.2, -0.15) is 9.40 Å². The van der Waals surface area contributed by atoms with Gasteiger partial charge in [-0.05, 0) is 33.1 Å². The molecular formula is C16H27N3O4S. The SMILES string of the molecule is COCC12CCCOC1CCN(S(=O)(=O)c1c(C)nn(C)c1C)C2. The number of hydrogen-bond acceptors (Lipinski definition) is 5. The Morgan fingerprint density at radius 3 is 2.79 bits per heavy atom. The third-order valence-electron chi connectivity index (χ3n) is 5.43. The van der Waals surface area contributed by atoms with Crippen LogP contribution in [0.5, 0.6) is 0 Å². The molecule has 3 rings (SSSR count). The van der Waals surface area contributed by atoms with Gasteiger partial charge in [-0.15, -0.1) is 0 Å². The minimum atomic E-state index is -3.57. The summed E-state index contributed by atoms with van der Waals surface area (Å²) in [6, 6.07) is 0. The summed E-state index contributed by atoms with van der Waals surface area (Å²) in [5.74, 6) is 0. The molecule has 0 aromatic carbocycles. The normalized spacial score (nSPS) is 28.8. The third kappa shape index (κ3) is 2.79. The van der Waals surface area contributed by atoms with Crippen LogP contribution < -0.4 is 0 Å². The highest BCUT2D eigenvalue weighted by Crippen LogP contribution is 2.42. The molecule has 7 nitrogen and oxygen atoms in total. The van der Waals surface area contributed by atoms with E-state index in [0.717, 1.165) is 19.4 Å². The molecule has 2 fully saturated rings. The first-order valence-corrected chi connectivity index (χ1v) is 9.87. The van der Waals surface area contributed by atoms with Crippen LogP contribution in [0.25, 0.3) is 0 Å². The van der Waals surface area contributed by atoms with Gasteiger partial charge in [0.15, 0.2) is 0 Å². The number of methoxy groups -OCH3 is 1. The van der Waals surface area contributed by atoms with Crippen molar-refractivity contribution in [2.45, 2.75) is 44.1 Å². The lowest BCUT2D eigenvalue weighted by Crippen LogP contribution is -2.57. The van der Waals surface area contributed by atoms with Gasteiger partial charge < -0.3 is 9.47 Å². The molecule has 0 aliphatic carbocycles. The van der Waals surface area contributed by atoms with E-state index >= 15 is 0 Å². The van der Waals surface area contributed by atoms with Gasteiger partial charge in [-0.1, -0.05) is 0 Å². The highest BCUT2D eigenvalue weighted by Gasteiger charge is 2.49. The summed E-state index contributed by atoms with van der Waals surface area (Å²) in [5, 5.41) is 4.27. The smallest absolute Gasteiger partial charge is 0.246 e. The molecule has 2 aliphatic rings. The molecule has 3 heterocycles. The number of aromatic nitrogens is 2. The zero-order valence-corrected chi connectivity index (χ0v) is 15.7. The molecule has 0 radical (unpaired) electrons. The van der Waals surface area contributed by atoms with Crippen molar-refractivity contribution < 1.29 is 17.9 Å². The van der Waals surface area contributed by atoms with E-state index in [0.29, 0.717) is 42.4 Å². The first-order chi connectivity index (χ1) is 11.3. The lowest BCUT2D eigenvalue weighted by atomic mass is 9.73. The average Bonchev–Trinajstić information content (AvgIpc) is 2.79. The van der Waals surface area contributed by atoms with Crippen molar-refractivity contribution in [2.24, 2.45) is 12.5 Å². The molecule has 2 unspecified atom stereocenters. The van der Waals surface area contributed by atoms with Gasteiger partial charge in [0.1, 0.15) is 4.90 Å². The minimum absolute atomic E-state index is 0.0775. The fourth-order valence-electron chi connectivity index (χ4n) is 4.21. The number of rotatable bonds is 4. The maximum Gasteiger partial charge on any atom is 0.246 e. The zero-order chi connectivity index (χ0) is 17.5. The quantitative estimate of drug-likeness (QED) is 0.811. The molecule has 2 aliphatic heterocycles. The number of nitrogens with zero attached hydrogens (tertiary/aromatic N) is 3. The van der Waals surface area contributed by atoms with E-state index in [1.807, 2.05) is 0 Å². The van der Waals surface area contributed by atoms with Gasteiger partial charge in [0, 0.05) is 39.3 Å². The summed E-state index contributed by atoms with van der Waals surface area (Å²) < 4.78 is 41.1. The van der Waals surface area contributed by atoms with Gasteiger partial charge in [0.2, 0.25) is 10.0 Å². The average molecular weight is 357 g/mol. The van der Waals surface area contributed by atoms with Crippen LogP contribution in [0.4, 0.5) is 0 Å². The molecule has 0 amide bonds. The van der Waals surface area contributed by atoms with Crippen LogP contribution in [-0.2, 0) is 26.5 Å². The predicted molar refractivity (Wildman–Crippen MR) is 89.3 cm³/mol. The van der Waals surface area contributed by atoms with E-state index in [1.165, 1.54) is 0 Å². The Morgan fingerprint density at radius 2 is 2.17 bits per heavy atom. The van der Waals surface area contributed by atoms with Crippen molar-refractivity contribution in [3.63, 3.8) is 0 Å². The number of sulfonamides is 1. The van der Waals surface area contributed by atoms with E-state index < -0.39 is 10.0 Å². The number of fused-ring (bicyclic) bond motifs is 1. The van der Waals surface area contributed by atoms with Gasteiger partial charge in [-0.3, -0.25) is 4.68 Å². The molecule has 24 heavy (non-hydrogen) atoms. The molecule has 1 aromatic rings. The first-order valence-electron chi connectivity index (χ1n) is 8.43. The van der Waals surface area contributed by atoms with Gasteiger partial charge in [0.05, 0.1) is 24.1 Å². The van der Waals surface area contributed by atoms with Crippen molar-refractivity contribution in [2.75, 3.05) is 33.4 Å². The second kappa shape index (κ2) is 6.40. The molecule has 0 N–H and O–H groups in total. The number of hydrogen-bond donors (Lipinski definition) is 0. The van der Waals surface area contributed by atoms with Crippen LogP contribution >= 0.6 is 0 Å². The van der Waals surface area contributed by atoms with Gasteiger partial charge in [-0.25, -0.2) is 8.42 Å². The Bertz CT molecular complexity index is 711. The fraction of sp³-hybridized carbons (Fsp3) is 0.812. The number of ether oxygens (including phenoxy) is 2. The Labute approximate surface area is 144 Å². The molecule has 0 bridgehead atoms. The molecule has 2 atom stereocenters. The van der Waals surface area contributed by atoms with E-state index in [-0.39, 0.29) is 11.5 Å². The van der Waals surface area contributed by atoms with Crippen LogP contribution in [0.1, 0.15) is 30.7 Å². The summed E-state index contributed by atoms with van der Waals surface area (Å²) in [4.78, 5) is 0.341. The summed E-state index contributed by atoms with van der Waals surface area (Å²) >= 11 is 0. The maximum atomic E-state index is 13.3. The Morgan fingerprint density at radius 1 is 1.42 bits per heavy atom. The van der Waals surface area contributed by atoms with Crippen LogP contribution in [0, 0.1) is 19.3 Å². The summed E-state index contributed by atoms with van der Waals surface area (Å²) in [6.07, 6.45) is 2.66. The Balaban J connectivity index is 1.94. The van der Waals surface area contributed by atoms with Crippen molar-refractivity contribution in [1.29, 1.82) is 0 Å². The number of piperidine rings is 1. The predicted octanol–water partition coefficient (Wildman–Crippen LogP) is 1.24. The Kier molecular flexibility index (Phi) is 4.76. The molecule has 136 valence electrons. The lowest BCUT2D eigenvalue weighted by Gasteiger charge is -2.49. The third-order valence-corrected chi connectivity index (χ3v) is 7.52. The lowest BCUT2D eigenvalue weighted by molar-refractivity contribution is -0.137. The highest BCUT2D eigenvalue weighted by molar-refractivity contribution is 7.89. The Hall–Kier alpha value is -0.960. The number of aryl methyl sites for hydroxylation is 2. The monoisotopic (exact) mass is 357 g/mol. The summed E-state index contributed by atoms with van der Waals surface area (Å²) in [7, 11) is -0.128. The van der Waals surface area contributed by atoms with Gasteiger partial charge >= 0.3 is 0 Å². The molecule has 0 saturated carbocycles. The highest BCUT2D eigenvalue weighted by atomic mass is 32.2. The maximum absolute atomic E-state index is 13.3. The van der Waals surface area contributed by atoms with E-state index in [2.05, 4.69) is 5.10 Å². The first kappa shape index (κ1) is 17.8. The molecular weight excluding hydrogens is 330 g/mol. The van der Waals surface area contributed by atoms with Gasteiger partial charge in [0.25, 0.3) is 0 Å². The second-order valence-electron chi connectivity index (χ2n) is 7.01. The molecule has 1 aromatic heterocycles. The van der Waals surface area contributed by atoms with Crippen molar-refractivity contribution >= 4 is 10.0 Å². The molecule has 0 spiro atoms. The van der Waals surface area contributed by atoms with Crippen LogP contribution in [0.3, 0.4) is 0 Å². The largest absolute Gasteiger partial charge is 0.384 e. The van der Waals surface area contributed by atoms with E-state index in [9.17, 15) is 8.42 Å². The second-order valence-corrected chi connectivity index (χ2v) is 8.88. The zero-order valence-electron chi connectivity index (χ0n) is 14.9. The van der Waals surface area contributed by atoms with Crippen LogP contribution in [0.15, 0.2) is 4.90 Å². The molecule has 2 saturated heterocycles. The molecule has 8 heteroatoms. The standard InChI is InChI=1S/C16H27N3O4S/c1-12-15(13(2)18(3)17-12)24(20,21)19-8-6-14-16(10-19,11-22-4)7-5-9-23-14/h14H,5-11H2,1-4H3.